The number of nitro groups is 1. The molecule has 0 fully saturated rings. The Bertz CT molecular complexity index is 351. The number of halogens is 1. The van der Waals surface area contributed by atoms with Crippen LogP contribution in [0.1, 0.15) is 0 Å². The first-order chi connectivity index (χ1) is 6.16. The molecule has 0 atom stereocenters. The zero-order chi connectivity index (χ0) is 9.84. The maximum Gasteiger partial charge on any atom is 0.314 e. The summed E-state index contributed by atoms with van der Waals surface area (Å²) in [6.07, 6.45) is 0.936. The molecule has 0 unspecified atom stereocenters. The quantitative estimate of drug-likeness (QED) is 0.410. The Labute approximate surface area is 73.4 Å². The van der Waals surface area contributed by atoms with Crippen LogP contribution in [0.5, 0.6) is 5.75 Å². The second kappa shape index (κ2) is 3.66. The molecule has 0 N–H and O–H groups in total. The molecule has 1 aromatic rings. The van der Waals surface area contributed by atoms with Gasteiger partial charge in [-0.2, -0.15) is 0 Å². The number of nitrogens with zero attached hydrogens (tertiary/aromatic N) is 1. The average molecular weight is 183 g/mol. The monoisotopic (exact) mass is 183 g/mol. The van der Waals surface area contributed by atoms with Gasteiger partial charge in [0.1, 0.15) is 0 Å². The zero-order valence-electron chi connectivity index (χ0n) is 6.57. The minimum Gasteiger partial charge on any atom is -0.456 e. The molecule has 4 nitrogen and oxygen atoms in total. The molecule has 0 heterocycles. The van der Waals surface area contributed by atoms with Gasteiger partial charge in [0.05, 0.1) is 11.2 Å². The number of para-hydroxylation sites is 1. The fourth-order valence-electron chi connectivity index (χ4n) is 0.841. The average Bonchev–Trinajstić information content (AvgIpc) is 2.08. The van der Waals surface area contributed by atoms with Crippen LogP contribution in [0.25, 0.3) is 0 Å². The molecule has 0 aliphatic heterocycles. The van der Waals surface area contributed by atoms with Gasteiger partial charge < -0.3 is 4.74 Å². The van der Waals surface area contributed by atoms with E-state index in [2.05, 4.69) is 11.3 Å². The van der Waals surface area contributed by atoms with Crippen LogP contribution in [0.4, 0.5) is 10.1 Å². The molecule has 0 amide bonds. The predicted octanol–water partition coefficient (Wildman–Crippen LogP) is 2.26. The molecular weight excluding hydrogens is 177 g/mol. The summed E-state index contributed by atoms with van der Waals surface area (Å²) in [7, 11) is 0. The van der Waals surface area contributed by atoms with Gasteiger partial charge in [0.25, 0.3) is 0 Å². The third kappa shape index (κ3) is 1.81. The highest BCUT2D eigenvalue weighted by atomic mass is 19.1. The highest BCUT2D eigenvalue weighted by Gasteiger charge is 2.18. The van der Waals surface area contributed by atoms with Crippen LogP contribution in [-0.4, -0.2) is 4.92 Å². The molecule has 13 heavy (non-hydrogen) atoms. The number of ether oxygens (including phenoxy) is 1. The van der Waals surface area contributed by atoms with Crippen LogP contribution >= 0.6 is 0 Å². The lowest BCUT2D eigenvalue weighted by Crippen LogP contribution is -1.94. The van der Waals surface area contributed by atoms with Crippen LogP contribution in [0.15, 0.2) is 31.0 Å². The van der Waals surface area contributed by atoms with Crippen molar-refractivity contribution in [1.82, 2.24) is 0 Å². The molecule has 0 bridgehead atoms. The summed E-state index contributed by atoms with van der Waals surface area (Å²) in [5, 5.41) is 10.4. The Balaban J connectivity index is 3.24. The van der Waals surface area contributed by atoms with Crippen molar-refractivity contribution in [3.63, 3.8) is 0 Å². The summed E-state index contributed by atoms with van der Waals surface area (Å²) < 4.78 is 17.5. The lowest BCUT2D eigenvalue weighted by molar-refractivity contribution is -0.385. The Morgan fingerprint density at radius 3 is 2.85 bits per heavy atom. The minimum absolute atomic E-state index is 0.414. The van der Waals surface area contributed by atoms with Crippen molar-refractivity contribution in [1.29, 1.82) is 0 Å². The highest BCUT2D eigenvalue weighted by Crippen LogP contribution is 2.29. The molecule has 0 saturated heterocycles. The summed E-state index contributed by atoms with van der Waals surface area (Å²) in [6, 6.07) is 3.47. The topological polar surface area (TPSA) is 52.4 Å². The molecule has 1 aromatic carbocycles. The normalized spacial score (nSPS) is 9.31. The Morgan fingerprint density at radius 1 is 1.62 bits per heavy atom. The van der Waals surface area contributed by atoms with Gasteiger partial charge in [-0.3, -0.25) is 10.1 Å². The second-order valence-electron chi connectivity index (χ2n) is 2.13. The van der Waals surface area contributed by atoms with Crippen LogP contribution in [0, 0.1) is 15.9 Å². The predicted molar refractivity (Wildman–Crippen MR) is 43.9 cm³/mol. The van der Waals surface area contributed by atoms with E-state index in [9.17, 15) is 14.5 Å². The van der Waals surface area contributed by atoms with Crippen molar-refractivity contribution in [2.75, 3.05) is 0 Å². The van der Waals surface area contributed by atoms with E-state index in [1.54, 1.807) is 0 Å². The first kappa shape index (κ1) is 9.18. The summed E-state index contributed by atoms with van der Waals surface area (Å²) in [5.41, 5.74) is -0.417. The molecule has 1 rings (SSSR count). The van der Waals surface area contributed by atoms with Crippen molar-refractivity contribution < 1.29 is 14.1 Å². The smallest absolute Gasteiger partial charge is 0.314 e. The van der Waals surface area contributed by atoms with E-state index in [0.29, 0.717) is 0 Å². The molecular formula is C8H6FNO3. The van der Waals surface area contributed by atoms with E-state index in [0.717, 1.165) is 18.4 Å². The summed E-state index contributed by atoms with van der Waals surface area (Å²) >= 11 is 0. The largest absolute Gasteiger partial charge is 0.456 e. The molecule has 0 aromatic heterocycles. The van der Waals surface area contributed by atoms with Crippen molar-refractivity contribution in [2.24, 2.45) is 0 Å². The molecule has 0 saturated carbocycles. The lowest BCUT2D eigenvalue weighted by Gasteiger charge is -2.01. The van der Waals surface area contributed by atoms with E-state index in [1.807, 2.05) is 0 Å². The summed E-state index contributed by atoms with van der Waals surface area (Å²) in [4.78, 5) is 9.65. The number of nitro benzene ring substituents is 1. The van der Waals surface area contributed by atoms with Crippen LogP contribution in [-0.2, 0) is 0 Å². The lowest BCUT2D eigenvalue weighted by atomic mass is 10.3. The molecule has 0 aliphatic carbocycles. The van der Waals surface area contributed by atoms with E-state index in [1.165, 1.54) is 6.07 Å². The molecule has 5 heteroatoms. The Morgan fingerprint density at radius 2 is 2.31 bits per heavy atom. The maximum absolute atomic E-state index is 12.9. The van der Waals surface area contributed by atoms with Crippen molar-refractivity contribution in [2.45, 2.75) is 0 Å². The van der Waals surface area contributed by atoms with Gasteiger partial charge >= 0.3 is 5.69 Å². The van der Waals surface area contributed by atoms with E-state index >= 15 is 0 Å². The van der Waals surface area contributed by atoms with Crippen LogP contribution in [0.2, 0.25) is 0 Å². The summed E-state index contributed by atoms with van der Waals surface area (Å²) in [6.45, 7) is 3.19. The number of rotatable bonds is 3. The fraction of sp³-hybridized carbons (Fsp3) is 0. The summed E-state index contributed by atoms with van der Waals surface area (Å²) in [5.74, 6) is -1.20. The van der Waals surface area contributed by atoms with E-state index < -0.39 is 22.2 Å². The minimum atomic E-state index is -0.783. The highest BCUT2D eigenvalue weighted by molar-refractivity contribution is 5.47. The standard InChI is InChI=1S/C8H6FNO3/c1-2-13-8-6(9)4-3-5-7(8)10(11)12/h2-5H,1H2. The Hall–Kier alpha value is -1.91. The van der Waals surface area contributed by atoms with Gasteiger partial charge in [0.2, 0.25) is 5.75 Å². The molecule has 0 aliphatic rings. The first-order valence-electron chi connectivity index (χ1n) is 3.37. The molecule has 0 radical (unpaired) electrons. The van der Waals surface area contributed by atoms with Gasteiger partial charge in [0, 0.05) is 6.07 Å². The fourth-order valence-corrected chi connectivity index (χ4v) is 0.841. The third-order valence-electron chi connectivity index (χ3n) is 1.34. The van der Waals surface area contributed by atoms with Crippen LogP contribution < -0.4 is 4.74 Å². The number of hydrogen-bond donors (Lipinski definition) is 0. The van der Waals surface area contributed by atoms with Crippen LogP contribution in [0.3, 0.4) is 0 Å². The van der Waals surface area contributed by atoms with Gasteiger partial charge in [-0.05, 0) is 6.07 Å². The zero-order valence-corrected chi connectivity index (χ0v) is 6.57. The van der Waals surface area contributed by atoms with Gasteiger partial charge in [-0.25, -0.2) is 4.39 Å². The van der Waals surface area contributed by atoms with E-state index in [-0.39, 0.29) is 0 Å². The van der Waals surface area contributed by atoms with Crippen molar-refractivity contribution in [3.05, 3.63) is 47.0 Å². The number of benzene rings is 1. The van der Waals surface area contributed by atoms with Gasteiger partial charge in [-0.1, -0.05) is 12.6 Å². The second-order valence-corrected chi connectivity index (χ2v) is 2.13. The maximum atomic E-state index is 12.9. The van der Waals surface area contributed by atoms with E-state index in [4.69, 9.17) is 0 Å². The van der Waals surface area contributed by atoms with Gasteiger partial charge in [0.15, 0.2) is 5.82 Å². The molecule has 68 valence electrons. The molecule has 0 spiro atoms. The third-order valence-corrected chi connectivity index (χ3v) is 1.34. The number of hydrogen-bond acceptors (Lipinski definition) is 3. The van der Waals surface area contributed by atoms with Crippen molar-refractivity contribution >= 4 is 5.69 Å². The van der Waals surface area contributed by atoms with Gasteiger partial charge in [-0.15, -0.1) is 0 Å². The SMILES string of the molecule is C=COc1c(F)cccc1[N+](=O)[O-]. The first-order valence-corrected chi connectivity index (χ1v) is 3.37. The Kier molecular flexibility index (Phi) is 2.59. The van der Waals surface area contributed by atoms with Crippen molar-refractivity contribution in [3.8, 4) is 5.75 Å².